The van der Waals surface area contributed by atoms with E-state index in [4.69, 9.17) is 58.5 Å². The van der Waals surface area contributed by atoms with E-state index in [-0.39, 0.29) is 34.6 Å². The number of hydrogen-bond donors (Lipinski definition) is 0. The number of ether oxygens (including phenoxy) is 5. The van der Waals surface area contributed by atoms with Crippen LogP contribution in [0.2, 0.25) is 15.1 Å². The summed E-state index contributed by atoms with van der Waals surface area (Å²) in [4.78, 5) is 12.3. The van der Waals surface area contributed by atoms with E-state index < -0.39 is 18.2 Å². The molecule has 0 spiro atoms. The lowest BCUT2D eigenvalue weighted by Gasteiger charge is -2.21. The van der Waals surface area contributed by atoms with E-state index in [9.17, 15) is 4.79 Å². The molecule has 1 aromatic carbocycles. The Labute approximate surface area is 200 Å². The number of halogens is 3. The minimum absolute atomic E-state index is 0.0220. The fourth-order valence-electron chi connectivity index (χ4n) is 2.33. The van der Waals surface area contributed by atoms with Gasteiger partial charge in [0.2, 0.25) is 0 Å². The van der Waals surface area contributed by atoms with Crippen LogP contribution in [0, 0.1) is 5.92 Å². The van der Waals surface area contributed by atoms with Gasteiger partial charge in [-0.1, -0.05) is 48.7 Å². The van der Waals surface area contributed by atoms with Crippen molar-refractivity contribution in [3.05, 3.63) is 27.2 Å². The van der Waals surface area contributed by atoms with Crippen LogP contribution in [-0.2, 0) is 23.7 Å². The van der Waals surface area contributed by atoms with Gasteiger partial charge in [0.1, 0.15) is 11.9 Å². The van der Waals surface area contributed by atoms with Crippen molar-refractivity contribution in [2.24, 2.45) is 5.92 Å². The molecule has 0 fully saturated rings. The van der Waals surface area contributed by atoms with Crippen molar-refractivity contribution >= 4 is 40.8 Å². The lowest BCUT2D eigenvalue weighted by molar-refractivity contribution is -0.160. The summed E-state index contributed by atoms with van der Waals surface area (Å²) in [6, 6.07) is 2.91. The summed E-state index contributed by atoms with van der Waals surface area (Å²) in [6.45, 7) is 13.3. The second-order valence-corrected chi connectivity index (χ2v) is 9.15. The molecule has 178 valence electrons. The van der Waals surface area contributed by atoms with Crippen molar-refractivity contribution < 1.29 is 28.5 Å². The molecule has 4 unspecified atom stereocenters. The van der Waals surface area contributed by atoms with Crippen LogP contribution in [0.5, 0.6) is 5.75 Å². The Morgan fingerprint density at radius 2 is 1.32 bits per heavy atom. The highest BCUT2D eigenvalue weighted by molar-refractivity contribution is 6.43. The Balaban J connectivity index is 2.32. The molecule has 1 aromatic rings. The summed E-state index contributed by atoms with van der Waals surface area (Å²) < 4.78 is 27.9. The fourth-order valence-corrected chi connectivity index (χ4v) is 2.91. The van der Waals surface area contributed by atoms with E-state index >= 15 is 0 Å². The van der Waals surface area contributed by atoms with E-state index in [1.807, 2.05) is 13.8 Å². The van der Waals surface area contributed by atoms with Gasteiger partial charge in [-0.15, -0.1) is 0 Å². The third-order valence-electron chi connectivity index (χ3n) is 3.96. The van der Waals surface area contributed by atoms with Crippen molar-refractivity contribution in [3.63, 3.8) is 0 Å². The molecule has 1 rings (SSSR count). The van der Waals surface area contributed by atoms with Crippen LogP contribution >= 0.6 is 34.8 Å². The summed E-state index contributed by atoms with van der Waals surface area (Å²) >= 11 is 17.9. The van der Waals surface area contributed by atoms with Gasteiger partial charge in [-0.05, 0) is 39.7 Å². The first-order valence-electron chi connectivity index (χ1n) is 10.3. The Bertz CT molecular complexity index is 685. The quantitative estimate of drug-likeness (QED) is 0.237. The summed E-state index contributed by atoms with van der Waals surface area (Å²) in [5, 5.41) is 0.832. The van der Waals surface area contributed by atoms with Gasteiger partial charge in [-0.25, -0.2) is 4.79 Å². The number of carbonyl (C=O) groups excluding carboxylic acids is 1. The molecular formula is C22H33Cl3O6. The second kappa shape index (κ2) is 14.4. The molecule has 0 aliphatic rings. The first kappa shape index (κ1) is 28.3. The molecular weight excluding hydrogens is 467 g/mol. The molecule has 0 saturated heterocycles. The first-order chi connectivity index (χ1) is 14.5. The average Bonchev–Trinajstić information content (AvgIpc) is 2.68. The molecule has 0 aliphatic carbocycles. The lowest BCUT2D eigenvalue weighted by Crippen LogP contribution is -2.32. The molecule has 0 bridgehead atoms. The SMILES string of the molecule is CC(C)COCC(C)OCC(C)OCC(C)OC(=O)C(C)Oc1cc(Cl)c(Cl)cc1Cl. The van der Waals surface area contributed by atoms with Gasteiger partial charge in [0.05, 0.1) is 47.1 Å². The predicted octanol–water partition coefficient (Wildman–Crippen LogP) is 5.83. The summed E-state index contributed by atoms with van der Waals surface area (Å²) in [5.74, 6) is 0.201. The summed E-state index contributed by atoms with van der Waals surface area (Å²) in [7, 11) is 0. The van der Waals surface area contributed by atoms with Crippen LogP contribution in [0.4, 0.5) is 0 Å². The molecule has 0 N–H and O–H groups in total. The molecule has 0 aromatic heterocycles. The standard InChI is InChI=1S/C22H33Cl3O6/c1-13(2)9-27-10-14(3)28-11-15(4)29-12-16(5)30-22(26)17(6)31-21-8-19(24)18(23)7-20(21)25/h7-8,13-17H,9-12H2,1-6H3. The Kier molecular flexibility index (Phi) is 13.1. The van der Waals surface area contributed by atoms with Gasteiger partial charge in [-0.3, -0.25) is 0 Å². The molecule has 31 heavy (non-hydrogen) atoms. The maximum Gasteiger partial charge on any atom is 0.347 e. The third-order valence-corrected chi connectivity index (χ3v) is 4.98. The van der Waals surface area contributed by atoms with Crippen LogP contribution in [0.25, 0.3) is 0 Å². The maximum absolute atomic E-state index is 12.3. The molecule has 0 aliphatic heterocycles. The minimum atomic E-state index is -0.885. The van der Waals surface area contributed by atoms with Crippen molar-refractivity contribution in [1.82, 2.24) is 0 Å². The smallest absolute Gasteiger partial charge is 0.347 e. The van der Waals surface area contributed by atoms with Gasteiger partial charge < -0.3 is 23.7 Å². The first-order valence-corrected chi connectivity index (χ1v) is 11.5. The van der Waals surface area contributed by atoms with Crippen LogP contribution in [0.15, 0.2) is 12.1 Å². The maximum atomic E-state index is 12.3. The Hall–Kier alpha value is -0.760. The van der Waals surface area contributed by atoms with Crippen molar-refractivity contribution in [1.29, 1.82) is 0 Å². The highest BCUT2D eigenvalue weighted by Gasteiger charge is 2.21. The van der Waals surface area contributed by atoms with E-state index in [2.05, 4.69) is 13.8 Å². The molecule has 9 heteroatoms. The number of benzene rings is 1. The van der Waals surface area contributed by atoms with Gasteiger partial charge in [-0.2, -0.15) is 0 Å². The van der Waals surface area contributed by atoms with E-state index in [0.717, 1.165) is 0 Å². The zero-order chi connectivity index (χ0) is 23.6. The molecule has 0 saturated carbocycles. The Morgan fingerprint density at radius 1 is 0.774 bits per heavy atom. The minimum Gasteiger partial charge on any atom is -0.477 e. The zero-order valence-electron chi connectivity index (χ0n) is 19.0. The third kappa shape index (κ3) is 11.6. The predicted molar refractivity (Wildman–Crippen MR) is 124 cm³/mol. The lowest BCUT2D eigenvalue weighted by atomic mass is 10.2. The number of rotatable bonds is 14. The van der Waals surface area contributed by atoms with Crippen LogP contribution in [-0.4, -0.2) is 56.8 Å². The highest BCUT2D eigenvalue weighted by atomic mass is 35.5. The van der Waals surface area contributed by atoms with Crippen molar-refractivity contribution in [2.45, 2.75) is 66.0 Å². The van der Waals surface area contributed by atoms with Gasteiger partial charge in [0.15, 0.2) is 6.10 Å². The van der Waals surface area contributed by atoms with Gasteiger partial charge in [0, 0.05) is 12.7 Å². The fraction of sp³-hybridized carbons (Fsp3) is 0.682. The van der Waals surface area contributed by atoms with Crippen LogP contribution in [0.1, 0.15) is 41.5 Å². The summed E-state index contributed by atoms with van der Waals surface area (Å²) in [5.41, 5.74) is 0. The Morgan fingerprint density at radius 3 is 1.94 bits per heavy atom. The van der Waals surface area contributed by atoms with Crippen molar-refractivity contribution in [3.8, 4) is 5.75 Å². The molecule has 0 amide bonds. The van der Waals surface area contributed by atoms with Gasteiger partial charge >= 0.3 is 5.97 Å². The average molecular weight is 500 g/mol. The molecule has 6 nitrogen and oxygen atoms in total. The second-order valence-electron chi connectivity index (χ2n) is 7.92. The number of esters is 1. The van der Waals surface area contributed by atoms with Crippen LogP contribution < -0.4 is 4.74 Å². The molecule has 0 heterocycles. The van der Waals surface area contributed by atoms with Gasteiger partial charge in [0.25, 0.3) is 0 Å². The summed E-state index contributed by atoms with van der Waals surface area (Å²) in [6.07, 6.45) is -1.52. The van der Waals surface area contributed by atoms with Crippen molar-refractivity contribution in [2.75, 3.05) is 26.4 Å². The highest BCUT2D eigenvalue weighted by Crippen LogP contribution is 2.34. The van der Waals surface area contributed by atoms with E-state index in [1.54, 1.807) is 13.8 Å². The zero-order valence-corrected chi connectivity index (χ0v) is 21.2. The topological polar surface area (TPSA) is 63.2 Å². The largest absolute Gasteiger partial charge is 0.477 e. The molecule has 4 atom stereocenters. The number of hydrogen-bond acceptors (Lipinski definition) is 6. The van der Waals surface area contributed by atoms with E-state index in [0.29, 0.717) is 30.8 Å². The molecule has 0 radical (unpaired) electrons. The van der Waals surface area contributed by atoms with Crippen LogP contribution in [0.3, 0.4) is 0 Å². The normalized spacial score (nSPS) is 15.4. The monoisotopic (exact) mass is 498 g/mol. The van der Waals surface area contributed by atoms with E-state index in [1.165, 1.54) is 12.1 Å². The number of carbonyl (C=O) groups is 1.